The second-order valence-corrected chi connectivity index (χ2v) is 5.20. The van der Waals surface area contributed by atoms with E-state index in [4.69, 9.17) is 11.5 Å². The Kier molecular flexibility index (Phi) is 4.53. The van der Waals surface area contributed by atoms with Gasteiger partial charge in [0, 0.05) is 17.1 Å². The second kappa shape index (κ2) is 6.79. The van der Waals surface area contributed by atoms with Gasteiger partial charge >= 0.3 is 6.18 Å². The highest BCUT2D eigenvalue weighted by atomic mass is 19.4. The molecule has 0 unspecified atom stereocenters. The number of pyridine rings is 2. The zero-order chi connectivity index (χ0) is 18.7. The van der Waals surface area contributed by atoms with Crippen LogP contribution in [0.1, 0.15) is 5.56 Å². The molecule has 6 nitrogen and oxygen atoms in total. The van der Waals surface area contributed by atoms with E-state index in [0.717, 1.165) is 12.4 Å². The first kappa shape index (κ1) is 17.3. The summed E-state index contributed by atoms with van der Waals surface area (Å²) < 4.78 is 40.0. The smallest absolute Gasteiger partial charge is 0.390 e. The predicted molar refractivity (Wildman–Crippen MR) is 93.9 cm³/mol. The van der Waals surface area contributed by atoms with E-state index in [2.05, 4.69) is 20.0 Å². The van der Waals surface area contributed by atoms with Crippen molar-refractivity contribution in [2.75, 3.05) is 0 Å². The highest BCUT2D eigenvalue weighted by Gasteiger charge is 2.33. The third-order valence-electron chi connectivity index (χ3n) is 3.50. The topological polar surface area (TPSA) is 103 Å². The third-order valence-corrected chi connectivity index (χ3v) is 3.50. The molecule has 0 aliphatic rings. The van der Waals surface area contributed by atoms with Crippen molar-refractivity contribution in [1.29, 1.82) is 0 Å². The van der Waals surface area contributed by atoms with Gasteiger partial charge in [-0.05, 0) is 18.2 Å². The van der Waals surface area contributed by atoms with Crippen molar-refractivity contribution in [3.05, 3.63) is 54.2 Å². The van der Waals surface area contributed by atoms with E-state index in [0.29, 0.717) is 10.9 Å². The van der Waals surface area contributed by atoms with Gasteiger partial charge in [0.05, 0.1) is 17.6 Å². The number of hydrogen-bond acceptors (Lipinski definition) is 3. The molecule has 0 aliphatic carbocycles. The monoisotopic (exact) mass is 358 g/mol. The van der Waals surface area contributed by atoms with Crippen LogP contribution in [0.5, 0.6) is 0 Å². The fourth-order valence-corrected chi connectivity index (χ4v) is 2.45. The van der Waals surface area contributed by atoms with E-state index in [1.165, 1.54) is 30.5 Å². The minimum atomic E-state index is -4.52. The van der Waals surface area contributed by atoms with Crippen molar-refractivity contribution in [3.63, 3.8) is 0 Å². The molecule has 0 amide bonds. The molecule has 2 aromatic heterocycles. The van der Waals surface area contributed by atoms with Crippen molar-refractivity contribution >= 4 is 29.0 Å². The Morgan fingerprint density at radius 3 is 2.62 bits per heavy atom. The molecular weight excluding hydrogens is 345 g/mol. The van der Waals surface area contributed by atoms with Crippen LogP contribution in [0.3, 0.4) is 0 Å². The zero-order valence-electron chi connectivity index (χ0n) is 13.3. The number of nitrogens with two attached hydrogens (primary N) is 2. The minimum Gasteiger partial charge on any atom is -0.390 e. The van der Waals surface area contributed by atoms with E-state index in [-0.39, 0.29) is 23.0 Å². The average Bonchev–Trinajstić information content (AvgIpc) is 2.61. The molecule has 0 radical (unpaired) electrons. The van der Waals surface area contributed by atoms with Gasteiger partial charge in [-0.25, -0.2) is 9.98 Å². The lowest BCUT2D eigenvalue weighted by atomic mass is 10.0. The molecule has 0 atom stereocenters. The summed E-state index contributed by atoms with van der Waals surface area (Å²) >= 11 is 0. The summed E-state index contributed by atoms with van der Waals surface area (Å²) in [6.45, 7) is 0. The molecule has 0 saturated carbocycles. The summed E-state index contributed by atoms with van der Waals surface area (Å²) in [6, 6.07) is 10.1. The van der Waals surface area contributed by atoms with E-state index in [1.54, 1.807) is 12.1 Å². The molecule has 26 heavy (non-hydrogen) atoms. The number of aliphatic imine (C=N–C) groups is 2. The van der Waals surface area contributed by atoms with Gasteiger partial charge in [0.25, 0.3) is 0 Å². The van der Waals surface area contributed by atoms with Crippen LogP contribution >= 0.6 is 0 Å². The van der Waals surface area contributed by atoms with Gasteiger partial charge in [-0.3, -0.25) is 4.98 Å². The summed E-state index contributed by atoms with van der Waals surface area (Å²) in [6.07, 6.45) is -2.04. The number of hydrogen-bond donors (Lipinski definition) is 2. The first-order valence-electron chi connectivity index (χ1n) is 7.41. The minimum absolute atomic E-state index is 0.0539. The van der Waals surface area contributed by atoms with Crippen LogP contribution in [-0.4, -0.2) is 22.3 Å². The molecule has 3 rings (SSSR count). The number of guanidine groups is 1. The lowest BCUT2D eigenvalue weighted by molar-refractivity contribution is -0.137. The molecule has 0 bridgehead atoms. The average molecular weight is 358 g/mol. The molecule has 0 spiro atoms. The lowest BCUT2D eigenvalue weighted by Crippen LogP contribution is -2.10. The molecule has 1 aromatic carbocycles. The molecular formula is C17H13F3N6. The lowest BCUT2D eigenvalue weighted by Gasteiger charge is -2.13. The summed E-state index contributed by atoms with van der Waals surface area (Å²) in [4.78, 5) is 16.0. The predicted octanol–water partition coefficient (Wildman–Crippen LogP) is 3.25. The Hall–Kier alpha value is -3.49. The molecule has 3 aromatic rings. The molecule has 4 N–H and O–H groups in total. The molecule has 0 fully saturated rings. The highest BCUT2D eigenvalue weighted by Crippen LogP contribution is 2.38. The maximum absolute atomic E-state index is 13.3. The number of rotatable bonds is 2. The van der Waals surface area contributed by atoms with Crippen LogP contribution in [0.15, 0.2) is 58.6 Å². The maximum Gasteiger partial charge on any atom is 0.417 e. The molecule has 0 aliphatic heterocycles. The van der Waals surface area contributed by atoms with Crippen LogP contribution in [0, 0.1) is 0 Å². The van der Waals surface area contributed by atoms with Gasteiger partial charge in [-0.15, -0.1) is 0 Å². The molecule has 132 valence electrons. The van der Waals surface area contributed by atoms with E-state index < -0.39 is 11.7 Å². The number of alkyl halides is 3. The summed E-state index contributed by atoms with van der Waals surface area (Å²) in [5.41, 5.74) is 10.4. The Morgan fingerprint density at radius 1 is 1.12 bits per heavy atom. The summed E-state index contributed by atoms with van der Waals surface area (Å²) in [7, 11) is 0. The number of halogens is 3. The fourth-order valence-electron chi connectivity index (χ4n) is 2.45. The SMILES string of the molecule is NC=NC(N)=Nc1nc(-c2ccccc2C(F)(F)F)cc2cccnc12. The van der Waals surface area contributed by atoms with Gasteiger partial charge < -0.3 is 11.5 Å². The van der Waals surface area contributed by atoms with Gasteiger partial charge in [-0.2, -0.15) is 18.2 Å². The Labute approximate surface area is 146 Å². The Bertz CT molecular complexity index is 1010. The van der Waals surface area contributed by atoms with Crippen molar-refractivity contribution in [2.45, 2.75) is 6.18 Å². The van der Waals surface area contributed by atoms with Gasteiger partial charge in [0.15, 0.2) is 5.82 Å². The van der Waals surface area contributed by atoms with Crippen molar-refractivity contribution in [3.8, 4) is 11.3 Å². The third kappa shape index (κ3) is 3.46. The first-order valence-corrected chi connectivity index (χ1v) is 7.41. The Morgan fingerprint density at radius 2 is 1.88 bits per heavy atom. The molecule has 2 heterocycles. The van der Waals surface area contributed by atoms with Crippen molar-refractivity contribution < 1.29 is 13.2 Å². The Balaban J connectivity index is 2.28. The largest absolute Gasteiger partial charge is 0.417 e. The summed E-state index contributed by atoms with van der Waals surface area (Å²) in [5, 5.41) is 0.567. The maximum atomic E-state index is 13.3. The molecule has 9 heteroatoms. The zero-order valence-corrected chi connectivity index (χ0v) is 13.3. The van der Waals surface area contributed by atoms with Crippen LogP contribution < -0.4 is 11.5 Å². The quantitative estimate of drug-likeness (QED) is 0.542. The highest BCUT2D eigenvalue weighted by molar-refractivity contribution is 5.94. The number of aromatic nitrogens is 2. The van der Waals surface area contributed by atoms with Gasteiger partial charge in [0.2, 0.25) is 5.96 Å². The van der Waals surface area contributed by atoms with Gasteiger partial charge in [0.1, 0.15) is 5.52 Å². The number of fused-ring (bicyclic) bond motifs is 1. The van der Waals surface area contributed by atoms with E-state index >= 15 is 0 Å². The molecule has 0 saturated heterocycles. The van der Waals surface area contributed by atoms with Crippen LogP contribution in [0.4, 0.5) is 19.0 Å². The van der Waals surface area contributed by atoms with Gasteiger partial charge in [-0.1, -0.05) is 24.3 Å². The normalized spacial score (nSPS) is 12.8. The fraction of sp³-hybridized carbons (Fsp3) is 0.0588. The standard InChI is InChI=1S/C17H13F3N6/c18-17(19,20)12-6-2-1-5-11(12)13-8-10-4-3-7-23-14(10)15(25-13)26-16(22)24-9-21/h1-9H,(H4,21,22,24,25,26). The number of benzene rings is 1. The van der Waals surface area contributed by atoms with Crippen molar-refractivity contribution in [1.82, 2.24) is 9.97 Å². The van der Waals surface area contributed by atoms with Crippen molar-refractivity contribution in [2.24, 2.45) is 21.5 Å². The van der Waals surface area contributed by atoms with Crippen LogP contribution in [0.25, 0.3) is 22.2 Å². The summed E-state index contributed by atoms with van der Waals surface area (Å²) in [5.74, 6) is -0.133. The first-order chi connectivity index (χ1) is 12.4. The van der Waals surface area contributed by atoms with E-state index in [9.17, 15) is 13.2 Å². The van der Waals surface area contributed by atoms with Crippen LogP contribution in [0.2, 0.25) is 0 Å². The number of nitrogens with zero attached hydrogens (tertiary/aromatic N) is 4. The van der Waals surface area contributed by atoms with Crippen LogP contribution in [-0.2, 0) is 6.18 Å². The van der Waals surface area contributed by atoms with E-state index in [1.807, 2.05) is 0 Å². The second-order valence-electron chi connectivity index (χ2n) is 5.20.